The van der Waals surface area contributed by atoms with Crippen LogP contribution in [0.5, 0.6) is 11.5 Å². The SMILES string of the molecule is O=C(O)/C(Cc1ccccc1[N+](=O)[O-])=N\Nc1nc(-c2ccc(OCCCOc3ccc(Cl)cc3)cc2)cs1. The van der Waals surface area contributed by atoms with E-state index >= 15 is 0 Å². The Labute approximate surface area is 232 Å². The Bertz CT molecular complexity index is 1460. The summed E-state index contributed by atoms with van der Waals surface area (Å²) in [6, 6.07) is 20.6. The highest BCUT2D eigenvalue weighted by molar-refractivity contribution is 7.14. The molecule has 0 aliphatic heterocycles. The van der Waals surface area contributed by atoms with Gasteiger partial charge in [0.05, 0.1) is 23.8 Å². The zero-order chi connectivity index (χ0) is 27.6. The second-order valence-corrected chi connectivity index (χ2v) is 9.40. The molecule has 200 valence electrons. The van der Waals surface area contributed by atoms with Crippen LogP contribution in [0.3, 0.4) is 0 Å². The van der Waals surface area contributed by atoms with Crippen molar-refractivity contribution in [2.45, 2.75) is 12.8 Å². The van der Waals surface area contributed by atoms with Gasteiger partial charge in [-0.3, -0.25) is 15.5 Å². The molecular formula is C27H23ClN4O6S. The molecule has 39 heavy (non-hydrogen) atoms. The van der Waals surface area contributed by atoms with E-state index in [9.17, 15) is 20.0 Å². The van der Waals surface area contributed by atoms with Crippen molar-refractivity contribution in [3.8, 4) is 22.8 Å². The Balaban J connectivity index is 1.29. The third-order valence-electron chi connectivity index (χ3n) is 5.37. The fourth-order valence-electron chi connectivity index (χ4n) is 3.45. The molecule has 0 amide bonds. The van der Waals surface area contributed by atoms with Crippen molar-refractivity contribution in [2.24, 2.45) is 5.10 Å². The molecule has 0 aliphatic carbocycles. The Morgan fingerprint density at radius 3 is 2.31 bits per heavy atom. The molecule has 2 N–H and O–H groups in total. The van der Waals surface area contributed by atoms with Gasteiger partial charge in [0.2, 0.25) is 5.13 Å². The molecule has 0 aliphatic rings. The van der Waals surface area contributed by atoms with Crippen molar-refractivity contribution in [1.29, 1.82) is 0 Å². The van der Waals surface area contributed by atoms with Crippen molar-refractivity contribution < 1.29 is 24.3 Å². The number of nitrogens with one attached hydrogen (secondary N) is 1. The number of thiazole rings is 1. The standard InChI is InChI=1S/C27H23ClN4O6S/c28-20-8-12-22(13-9-20)38-15-3-14-37-21-10-6-18(7-11-21)24-17-39-27(29-24)31-30-23(26(33)34)16-19-4-1-2-5-25(19)32(35)36/h1-2,4-13,17H,3,14-16H2,(H,29,31)(H,33,34)/b30-23-. The van der Waals surface area contributed by atoms with Gasteiger partial charge in [-0.1, -0.05) is 29.8 Å². The summed E-state index contributed by atoms with van der Waals surface area (Å²) < 4.78 is 11.4. The Morgan fingerprint density at radius 1 is 1.03 bits per heavy atom. The molecule has 0 fully saturated rings. The van der Waals surface area contributed by atoms with Gasteiger partial charge in [-0.15, -0.1) is 11.3 Å². The summed E-state index contributed by atoms with van der Waals surface area (Å²) in [6.45, 7) is 1.01. The number of hydrazone groups is 1. The molecule has 4 aromatic rings. The monoisotopic (exact) mass is 566 g/mol. The average Bonchev–Trinajstić information content (AvgIpc) is 3.41. The Hall–Kier alpha value is -4.48. The topological polar surface area (TPSA) is 136 Å². The zero-order valence-electron chi connectivity index (χ0n) is 20.5. The lowest BCUT2D eigenvalue weighted by atomic mass is 10.1. The normalized spacial score (nSPS) is 11.2. The third kappa shape index (κ3) is 8.00. The molecule has 10 nitrogen and oxygen atoms in total. The summed E-state index contributed by atoms with van der Waals surface area (Å²) in [5, 5.41) is 27.5. The lowest BCUT2D eigenvalue weighted by Crippen LogP contribution is -2.18. The number of ether oxygens (including phenoxy) is 2. The van der Waals surface area contributed by atoms with E-state index in [2.05, 4.69) is 15.5 Å². The van der Waals surface area contributed by atoms with E-state index < -0.39 is 10.9 Å². The van der Waals surface area contributed by atoms with E-state index in [1.807, 2.05) is 41.8 Å². The highest BCUT2D eigenvalue weighted by Gasteiger charge is 2.18. The maximum Gasteiger partial charge on any atom is 0.352 e. The van der Waals surface area contributed by atoms with Crippen LogP contribution in [0.25, 0.3) is 11.3 Å². The first kappa shape index (κ1) is 27.6. The van der Waals surface area contributed by atoms with Gasteiger partial charge >= 0.3 is 5.97 Å². The number of aromatic nitrogens is 1. The summed E-state index contributed by atoms with van der Waals surface area (Å²) >= 11 is 7.12. The van der Waals surface area contributed by atoms with E-state index in [1.165, 1.54) is 29.5 Å². The van der Waals surface area contributed by atoms with E-state index in [4.69, 9.17) is 21.1 Å². The van der Waals surface area contributed by atoms with Gasteiger partial charge in [-0.2, -0.15) is 5.10 Å². The fraction of sp³-hybridized carbons (Fsp3) is 0.148. The van der Waals surface area contributed by atoms with Gasteiger partial charge < -0.3 is 14.6 Å². The maximum absolute atomic E-state index is 11.7. The Kier molecular flexibility index (Phi) is 9.44. The van der Waals surface area contributed by atoms with Crippen molar-refractivity contribution in [3.05, 3.63) is 98.9 Å². The summed E-state index contributed by atoms with van der Waals surface area (Å²) in [5.41, 5.74) is 3.99. The van der Waals surface area contributed by atoms with Crippen LogP contribution in [0.1, 0.15) is 12.0 Å². The number of anilines is 1. The number of carboxylic acid groups (broad SMARTS) is 1. The molecule has 3 aromatic carbocycles. The van der Waals surface area contributed by atoms with Crippen LogP contribution in [0.4, 0.5) is 10.8 Å². The van der Waals surface area contributed by atoms with E-state index in [0.717, 1.165) is 11.3 Å². The molecule has 0 saturated carbocycles. The maximum atomic E-state index is 11.7. The first-order valence-electron chi connectivity index (χ1n) is 11.7. The van der Waals surface area contributed by atoms with Crippen molar-refractivity contribution in [3.63, 3.8) is 0 Å². The van der Waals surface area contributed by atoms with Crippen LogP contribution in [0.2, 0.25) is 5.02 Å². The molecule has 4 rings (SSSR count). The minimum Gasteiger partial charge on any atom is -0.493 e. The molecule has 0 atom stereocenters. The largest absolute Gasteiger partial charge is 0.493 e. The van der Waals surface area contributed by atoms with Gasteiger partial charge in [0.15, 0.2) is 0 Å². The highest BCUT2D eigenvalue weighted by atomic mass is 35.5. The molecule has 0 saturated heterocycles. The fourth-order valence-corrected chi connectivity index (χ4v) is 4.23. The zero-order valence-corrected chi connectivity index (χ0v) is 22.0. The minimum atomic E-state index is -1.29. The molecule has 0 bridgehead atoms. The minimum absolute atomic E-state index is 0.165. The molecule has 12 heteroatoms. The number of nitrogens with zero attached hydrogens (tertiary/aromatic N) is 3. The van der Waals surface area contributed by atoms with Gasteiger partial charge in [0.25, 0.3) is 5.69 Å². The number of hydrogen-bond acceptors (Lipinski definition) is 9. The van der Waals surface area contributed by atoms with E-state index in [0.29, 0.717) is 41.2 Å². The van der Waals surface area contributed by atoms with Gasteiger partial charge in [0, 0.05) is 40.4 Å². The Morgan fingerprint density at radius 2 is 1.67 bits per heavy atom. The van der Waals surface area contributed by atoms with Crippen LogP contribution in [-0.2, 0) is 11.2 Å². The number of carbonyl (C=O) groups is 1. The number of aliphatic carboxylic acids is 1. The van der Waals surface area contributed by atoms with Crippen LogP contribution >= 0.6 is 22.9 Å². The summed E-state index contributed by atoms with van der Waals surface area (Å²) in [6.07, 6.45) is 0.494. The van der Waals surface area contributed by atoms with E-state index in [1.54, 1.807) is 18.2 Å². The average molecular weight is 567 g/mol. The van der Waals surface area contributed by atoms with Gasteiger partial charge in [0.1, 0.15) is 17.2 Å². The predicted octanol–water partition coefficient (Wildman–Crippen LogP) is 6.31. The molecule has 1 aromatic heterocycles. The highest BCUT2D eigenvalue weighted by Crippen LogP contribution is 2.27. The summed E-state index contributed by atoms with van der Waals surface area (Å²) in [7, 11) is 0. The number of benzene rings is 3. The second kappa shape index (κ2) is 13.4. The first-order valence-corrected chi connectivity index (χ1v) is 13.0. The smallest absolute Gasteiger partial charge is 0.352 e. The van der Waals surface area contributed by atoms with Gasteiger partial charge in [-0.05, 0) is 48.5 Å². The van der Waals surface area contributed by atoms with Crippen LogP contribution in [0, 0.1) is 10.1 Å². The summed E-state index contributed by atoms with van der Waals surface area (Å²) in [4.78, 5) is 26.8. The molecular weight excluding hydrogens is 544 g/mol. The lowest BCUT2D eigenvalue weighted by molar-refractivity contribution is -0.385. The molecule has 1 heterocycles. The van der Waals surface area contributed by atoms with Crippen molar-refractivity contribution in [1.82, 2.24) is 4.98 Å². The number of halogens is 1. The number of carboxylic acids is 1. The predicted molar refractivity (Wildman–Crippen MR) is 150 cm³/mol. The van der Waals surface area contributed by atoms with Crippen LogP contribution in [-0.4, -0.2) is 39.9 Å². The number of hydrogen-bond donors (Lipinski definition) is 2. The van der Waals surface area contributed by atoms with Crippen molar-refractivity contribution >= 4 is 45.4 Å². The quantitative estimate of drug-likeness (QED) is 0.0830. The number of para-hydroxylation sites is 1. The first-order chi connectivity index (χ1) is 18.9. The molecule has 0 radical (unpaired) electrons. The van der Waals surface area contributed by atoms with E-state index in [-0.39, 0.29) is 23.4 Å². The number of nitro benzene ring substituents is 1. The van der Waals surface area contributed by atoms with Crippen LogP contribution in [0.15, 0.2) is 83.3 Å². The molecule has 0 unspecified atom stereocenters. The number of rotatable bonds is 13. The molecule has 0 spiro atoms. The third-order valence-corrected chi connectivity index (χ3v) is 6.37. The lowest BCUT2D eigenvalue weighted by Gasteiger charge is -2.08. The summed E-state index contributed by atoms with van der Waals surface area (Å²) in [5.74, 6) is 0.181. The van der Waals surface area contributed by atoms with Crippen LogP contribution < -0.4 is 14.9 Å². The van der Waals surface area contributed by atoms with Crippen molar-refractivity contribution in [2.75, 3.05) is 18.6 Å². The second-order valence-electron chi connectivity index (χ2n) is 8.10. The van der Waals surface area contributed by atoms with Gasteiger partial charge in [-0.25, -0.2) is 9.78 Å². The number of nitro groups is 1.